The first-order valence-electron chi connectivity index (χ1n) is 9.42. The summed E-state index contributed by atoms with van der Waals surface area (Å²) in [6, 6.07) is 17.9. The number of hydrogen-bond donors (Lipinski definition) is 1. The van der Waals surface area contributed by atoms with E-state index >= 15 is 0 Å². The summed E-state index contributed by atoms with van der Waals surface area (Å²) < 4.78 is 0. The molecule has 3 aromatic rings. The van der Waals surface area contributed by atoms with Crippen LogP contribution in [0, 0.1) is 6.92 Å². The molecule has 0 saturated carbocycles. The van der Waals surface area contributed by atoms with E-state index < -0.39 is 0 Å². The molecule has 2 aromatic carbocycles. The number of rotatable bonds is 5. The predicted octanol–water partition coefficient (Wildman–Crippen LogP) is 5.49. The number of para-hydroxylation sites is 1. The standard InChI is InChI=1S/C24H25N3O/c1-16(2)20-11-9-19(10-12-20)13-17(3)15-25-27-24(28)22-14-18(4)26-23-8-6-5-7-21(22)23/h5-16H,1-4H3,(H,27,28). The maximum absolute atomic E-state index is 12.6. The maximum atomic E-state index is 12.6. The summed E-state index contributed by atoms with van der Waals surface area (Å²) >= 11 is 0. The fraction of sp³-hybridized carbons (Fsp3) is 0.208. The van der Waals surface area contributed by atoms with E-state index in [1.165, 1.54) is 5.56 Å². The summed E-state index contributed by atoms with van der Waals surface area (Å²) in [4.78, 5) is 17.0. The smallest absolute Gasteiger partial charge is 0.267 e. The number of carbonyl (C=O) groups excluding carboxylic acids is 1. The van der Waals surface area contributed by atoms with Gasteiger partial charge in [-0.1, -0.05) is 62.4 Å². The van der Waals surface area contributed by atoms with E-state index in [2.05, 4.69) is 53.6 Å². The van der Waals surface area contributed by atoms with E-state index in [0.717, 1.165) is 27.7 Å². The van der Waals surface area contributed by atoms with E-state index in [1.807, 2.05) is 44.2 Å². The van der Waals surface area contributed by atoms with Gasteiger partial charge in [0, 0.05) is 11.1 Å². The van der Waals surface area contributed by atoms with Gasteiger partial charge in [-0.3, -0.25) is 9.78 Å². The second-order valence-corrected chi connectivity index (χ2v) is 7.24. The zero-order valence-corrected chi connectivity index (χ0v) is 16.7. The molecule has 0 aliphatic rings. The number of aromatic nitrogens is 1. The minimum absolute atomic E-state index is 0.243. The van der Waals surface area contributed by atoms with Crippen LogP contribution in [0.5, 0.6) is 0 Å². The lowest BCUT2D eigenvalue weighted by Gasteiger charge is -2.06. The van der Waals surface area contributed by atoms with Gasteiger partial charge in [0.05, 0.1) is 17.3 Å². The Morgan fingerprint density at radius 1 is 1.11 bits per heavy atom. The molecule has 0 aliphatic carbocycles. The molecule has 142 valence electrons. The second kappa shape index (κ2) is 8.61. The molecule has 4 heteroatoms. The van der Waals surface area contributed by atoms with E-state index in [4.69, 9.17) is 0 Å². The van der Waals surface area contributed by atoms with E-state index in [0.29, 0.717) is 11.5 Å². The van der Waals surface area contributed by atoms with Crippen LogP contribution >= 0.6 is 0 Å². The number of carbonyl (C=O) groups is 1. The molecule has 0 saturated heterocycles. The highest BCUT2D eigenvalue weighted by atomic mass is 16.2. The third kappa shape index (κ3) is 4.71. The van der Waals surface area contributed by atoms with Crippen molar-refractivity contribution in [3.63, 3.8) is 0 Å². The van der Waals surface area contributed by atoms with Gasteiger partial charge >= 0.3 is 0 Å². The van der Waals surface area contributed by atoms with Crippen LogP contribution in [0.1, 0.15) is 53.9 Å². The van der Waals surface area contributed by atoms with Crippen molar-refractivity contribution in [3.8, 4) is 0 Å². The number of hydrogen-bond acceptors (Lipinski definition) is 3. The predicted molar refractivity (Wildman–Crippen MR) is 117 cm³/mol. The Hall–Kier alpha value is -3.27. The summed E-state index contributed by atoms with van der Waals surface area (Å²) in [7, 11) is 0. The van der Waals surface area contributed by atoms with Gasteiger partial charge in [0.2, 0.25) is 0 Å². The normalized spacial score (nSPS) is 12.1. The number of aryl methyl sites for hydroxylation is 1. The summed E-state index contributed by atoms with van der Waals surface area (Å²) in [6.07, 6.45) is 3.69. The van der Waals surface area contributed by atoms with E-state index in [9.17, 15) is 4.79 Å². The number of nitrogens with one attached hydrogen (secondary N) is 1. The van der Waals surface area contributed by atoms with Gasteiger partial charge in [-0.05, 0) is 48.6 Å². The molecule has 0 atom stereocenters. The average Bonchev–Trinajstić information content (AvgIpc) is 2.67. The molecule has 0 unspecified atom stereocenters. The number of nitrogens with zero attached hydrogens (tertiary/aromatic N) is 2. The Balaban J connectivity index is 1.71. The first kappa shape index (κ1) is 19.5. The molecule has 28 heavy (non-hydrogen) atoms. The monoisotopic (exact) mass is 371 g/mol. The van der Waals surface area contributed by atoms with Crippen molar-refractivity contribution >= 4 is 29.1 Å². The van der Waals surface area contributed by atoms with Crippen LogP contribution in [-0.4, -0.2) is 17.1 Å². The molecule has 1 N–H and O–H groups in total. The lowest BCUT2D eigenvalue weighted by atomic mass is 10.0. The van der Waals surface area contributed by atoms with Crippen molar-refractivity contribution in [2.24, 2.45) is 5.10 Å². The number of benzene rings is 2. The van der Waals surface area contributed by atoms with Gasteiger partial charge in [0.15, 0.2) is 0 Å². The van der Waals surface area contributed by atoms with Gasteiger partial charge in [-0.15, -0.1) is 0 Å². The zero-order valence-electron chi connectivity index (χ0n) is 16.7. The molecule has 1 amide bonds. The SMILES string of the molecule is CC(C=NNC(=O)c1cc(C)nc2ccccc12)=Cc1ccc(C(C)C)cc1. The first-order valence-corrected chi connectivity index (χ1v) is 9.42. The summed E-state index contributed by atoms with van der Waals surface area (Å²) in [5, 5.41) is 4.93. The highest BCUT2D eigenvalue weighted by Crippen LogP contribution is 2.18. The fourth-order valence-electron chi connectivity index (χ4n) is 3.03. The van der Waals surface area contributed by atoms with E-state index in [-0.39, 0.29) is 5.91 Å². The third-order valence-electron chi connectivity index (χ3n) is 4.52. The van der Waals surface area contributed by atoms with Gasteiger partial charge in [0.25, 0.3) is 5.91 Å². The number of hydrazone groups is 1. The molecule has 0 aliphatic heterocycles. The quantitative estimate of drug-likeness (QED) is 0.476. The van der Waals surface area contributed by atoms with Crippen LogP contribution in [-0.2, 0) is 0 Å². The average molecular weight is 371 g/mol. The molecule has 0 fully saturated rings. The second-order valence-electron chi connectivity index (χ2n) is 7.24. The topological polar surface area (TPSA) is 54.4 Å². The molecule has 1 aromatic heterocycles. The van der Waals surface area contributed by atoms with Crippen molar-refractivity contribution in [1.29, 1.82) is 0 Å². The molecular weight excluding hydrogens is 346 g/mol. The van der Waals surface area contributed by atoms with Crippen molar-refractivity contribution in [2.75, 3.05) is 0 Å². The molecular formula is C24H25N3O. The largest absolute Gasteiger partial charge is 0.272 e. The first-order chi connectivity index (χ1) is 13.4. The summed E-state index contributed by atoms with van der Waals surface area (Å²) in [5.41, 5.74) is 8.17. The molecule has 4 nitrogen and oxygen atoms in total. The summed E-state index contributed by atoms with van der Waals surface area (Å²) in [5.74, 6) is 0.274. The Bertz CT molecular complexity index is 1050. The van der Waals surface area contributed by atoms with Crippen LogP contribution < -0.4 is 5.43 Å². The molecule has 0 spiro atoms. The van der Waals surface area contributed by atoms with Crippen molar-refractivity contribution in [3.05, 3.63) is 82.6 Å². The van der Waals surface area contributed by atoms with Gasteiger partial charge in [0.1, 0.15) is 0 Å². The third-order valence-corrected chi connectivity index (χ3v) is 4.52. The lowest BCUT2D eigenvalue weighted by molar-refractivity contribution is 0.0956. The maximum Gasteiger partial charge on any atom is 0.272 e. The molecule has 0 bridgehead atoms. The number of fused-ring (bicyclic) bond motifs is 1. The minimum Gasteiger partial charge on any atom is -0.267 e. The van der Waals surface area contributed by atoms with Gasteiger partial charge in [-0.2, -0.15) is 5.10 Å². The Labute approximate surface area is 166 Å². The highest BCUT2D eigenvalue weighted by Gasteiger charge is 2.10. The Morgan fingerprint density at radius 3 is 2.54 bits per heavy atom. The zero-order chi connectivity index (χ0) is 20.1. The molecule has 3 rings (SSSR count). The molecule has 1 heterocycles. The fourth-order valence-corrected chi connectivity index (χ4v) is 3.03. The van der Waals surface area contributed by atoms with Gasteiger partial charge in [-0.25, -0.2) is 5.43 Å². The van der Waals surface area contributed by atoms with Gasteiger partial charge < -0.3 is 0 Å². The van der Waals surface area contributed by atoms with Crippen LogP contribution in [0.25, 0.3) is 17.0 Å². The summed E-state index contributed by atoms with van der Waals surface area (Å²) in [6.45, 7) is 8.19. The number of amides is 1. The minimum atomic E-state index is -0.243. The van der Waals surface area contributed by atoms with Crippen molar-refractivity contribution < 1.29 is 4.79 Å². The van der Waals surface area contributed by atoms with Crippen LogP contribution in [0.3, 0.4) is 0 Å². The highest BCUT2D eigenvalue weighted by molar-refractivity contribution is 6.06. The number of allylic oxidation sites excluding steroid dienone is 1. The van der Waals surface area contributed by atoms with Crippen molar-refractivity contribution in [1.82, 2.24) is 10.4 Å². The van der Waals surface area contributed by atoms with Crippen LogP contribution in [0.15, 0.2) is 65.3 Å². The molecule has 0 radical (unpaired) electrons. The van der Waals surface area contributed by atoms with E-state index in [1.54, 1.807) is 12.3 Å². The number of pyridine rings is 1. The Morgan fingerprint density at radius 2 is 1.82 bits per heavy atom. The van der Waals surface area contributed by atoms with Crippen molar-refractivity contribution in [2.45, 2.75) is 33.6 Å². The lowest BCUT2D eigenvalue weighted by Crippen LogP contribution is -2.18. The van der Waals surface area contributed by atoms with Crippen LogP contribution in [0.4, 0.5) is 0 Å². The van der Waals surface area contributed by atoms with Crippen LogP contribution in [0.2, 0.25) is 0 Å². The Kier molecular flexibility index (Phi) is 5.99.